The lowest BCUT2D eigenvalue weighted by Gasteiger charge is -2.36. The number of piperazine rings is 1. The number of imidazole rings is 1. The molecule has 1 fully saturated rings. The van der Waals surface area contributed by atoms with Crippen molar-refractivity contribution < 1.29 is 4.74 Å². The van der Waals surface area contributed by atoms with E-state index in [2.05, 4.69) is 70.2 Å². The number of rotatable bonds is 6. The van der Waals surface area contributed by atoms with Gasteiger partial charge in [-0.3, -0.25) is 0 Å². The van der Waals surface area contributed by atoms with Crippen LogP contribution in [0.15, 0.2) is 79.3 Å². The van der Waals surface area contributed by atoms with Gasteiger partial charge >= 0.3 is 0 Å². The Hall–Kier alpha value is -3.31. The summed E-state index contributed by atoms with van der Waals surface area (Å²) < 4.78 is 8.14. The second-order valence-corrected chi connectivity index (χ2v) is 7.98. The first-order chi connectivity index (χ1) is 15.3. The number of aromatic nitrogens is 2. The predicted octanol–water partition coefficient (Wildman–Crippen LogP) is 4.75. The Morgan fingerprint density at radius 1 is 0.903 bits per heavy atom. The largest absolute Gasteiger partial charge is 0.487 e. The maximum Gasteiger partial charge on any atom is 0.132 e. The van der Waals surface area contributed by atoms with E-state index in [0.717, 1.165) is 49.9 Å². The lowest BCUT2D eigenvalue weighted by molar-refractivity contribution is 0.271. The van der Waals surface area contributed by atoms with E-state index in [4.69, 9.17) is 4.74 Å². The van der Waals surface area contributed by atoms with Crippen molar-refractivity contribution in [3.05, 3.63) is 84.9 Å². The first-order valence-electron chi connectivity index (χ1n) is 11.0. The van der Waals surface area contributed by atoms with Crippen molar-refractivity contribution in [1.82, 2.24) is 14.5 Å². The zero-order valence-corrected chi connectivity index (χ0v) is 17.9. The monoisotopic (exact) mass is 412 g/mol. The van der Waals surface area contributed by atoms with E-state index in [-0.39, 0.29) is 0 Å². The first kappa shape index (κ1) is 19.6. The van der Waals surface area contributed by atoms with Crippen LogP contribution in [-0.2, 0) is 6.61 Å². The highest BCUT2D eigenvalue weighted by atomic mass is 16.5. The molecule has 1 aromatic heterocycles. The molecular weight excluding hydrogens is 384 g/mol. The van der Waals surface area contributed by atoms with Crippen LogP contribution in [0.5, 0.6) is 5.75 Å². The molecule has 0 radical (unpaired) electrons. The Morgan fingerprint density at radius 3 is 2.55 bits per heavy atom. The zero-order chi connectivity index (χ0) is 21.0. The summed E-state index contributed by atoms with van der Waals surface area (Å²) in [5.41, 5.74) is 3.31. The molecule has 0 aliphatic carbocycles. The fourth-order valence-corrected chi connectivity index (χ4v) is 4.24. The number of benzene rings is 3. The molecular formula is C26H28N4O. The fraction of sp³-hybridized carbons (Fsp3) is 0.269. The molecule has 0 bridgehead atoms. The van der Waals surface area contributed by atoms with Crippen LogP contribution in [0.3, 0.4) is 0 Å². The van der Waals surface area contributed by atoms with Crippen LogP contribution in [0.2, 0.25) is 0 Å². The molecule has 0 amide bonds. The molecule has 5 nitrogen and oxygen atoms in total. The number of nitrogens with zero attached hydrogens (tertiary/aromatic N) is 4. The highest BCUT2D eigenvalue weighted by Crippen LogP contribution is 2.31. The Morgan fingerprint density at radius 2 is 1.74 bits per heavy atom. The summed E-state index contributed by atoms with van der Waals surface area (Å²) >= 11 is 0. The van der Waals surface area contributed by atoms with E-state index in [1.165, 1.54) is 16.5 Å². The van der Waals surface area contributed by atoms with Crippen molar-refractivity contribution >= 4 is 16.5 Å². The molecule has 1 saturated heterocycles. The van der Waals surface area contributed by atoms with Gasteiger partial charge in [0.05, 0.1) is 12.0 Å². The molecule has 2 heterocycles. The third-order valence-electron chi connectivity index (χ3n) is 6.07. The molecule has 5 rings (SSSR count). The molecule has 3 aromatic carbocycles. The van der Waals surface area contributed by atoms with E-state index in [9.17, 15) is 0 Å². The van der Waals surface area contributed by atoms with Crippen molar-refractivity contribution in [3.8, 4) is 11.4 Å². The maximum absolute atomic E-state index is 6.12. The Kier molecular flexibility index (Phi) is 5.59. The fourth-order valence-electron chi connectivity index (χ4n) is 4.24. The quantitative estimate of drug-likeness (QED) is 0.458. The molecule has 1 aliphatic rings. The van der Waals surface area contributed by atoms with Crippen LogP contribution in [0.4, 0.5) is 5.69 Å². The highest BCUT2D eigenvalue weighted by Gasteiger charge is 2.17. The number of hydrogen-bond donors (Lipinski definition) is 0. The molecule has 4 aromatic rings. The standard InChI is InChI=1S/C26H28N4O/c1-2-28-13-15-29(16-14-28)26-10-6-7-21-11-12-24(17-25(21)26)31-19-22-18-30(20-27-22)23-8-4-3-5-9-23/h3-12,17-18,20H,2,13-16,19H2,1H3. The maximum atomic E-state index is 6.12. The van der Waals surface area contributed by atoms with Gasteiger partial charge in [0.25, 0.3) is 0 Å². The zero-order valence-electron chi connectivity index (χ0n) is 17.9. The first-order valence-corrected chi connectivity index (χ1v) is 11.0. The predicted molar refractivity (Wildman–Crippen MR) is 126 cm³/mol. The molecule has 0 saturated carbocycles. The van der Waals surface area contributed by atoms with Gasteiger partial charge in [0.1, 0.15) is 12.4 Å². The average molecular weight is 413 g/mol. The van der Waals surface area contributed by atoms with Crippen molar-refractivity contribution in [3.63, 3.8) is 0 Å². The second-order valence-electron chi connectivity index (χ2n) is 7.98. The Balaban J connectivity index is 1.32. The molecule has 158 valence electrons. The van der Waals surface area contributed by atoms with E-state index in [0.29, 0.717) is 6.61 Å². The molecule has 0 atom stereocenters. The van der Waals surface area contributed by atoms with Crippen molar-refractivity contribution in [2.75, 3.05) is 37.6 Å². The Labute approximate surface area is 183 Å². The number of hydrogen-bond acceptors (Lipinski definition) is 4. The van der Waals surface area contributed by atoms with Gasteiger partial charge in [-0.1, -0.05) is 43.3 Å². The average Bonchev–Trinajstić information content (AvgIpc) is 3.32. The summed E-state index contributed by atoms with van der Waals surface area (Å²) in [4.78, 5) is 9.51. The van der Waals surface area contributed by atoms with Crippen molar-refractivity contribution in [2.24, 2.45) is 0 Å². The number of anilines is 1. The summed E-state index contributed by atoms with van der Waals surface area (Å²) in [6.07, 6.45) is 3.86. The minimum Gasteiger partial charge on any atom is -0.487 e. The van der Waals surface area contributed by atoms with Crippen molar-refractivity contribution in [2.45, 2.75) is 13.5 Å². The number of ether oxygens (including phenoxy) is 1. The minimum absolute atomic E-state index is 0.447. The third-order valence-corrected chi connectivity index (χ3v) is 6.07. The molecule has 1 aliphatic heterocycles. The van der Waals surface area contributed by atoms with Crippen LogP contribution in [-0.4, -0.2) is 47.2 Å². The summed E-state index contributed by atoms with van der Waals surface area (Å²) in [5.74, 6) is 0.876. The van der Waals surface area contributed by atoms with Gasteiger partial charge < -0.3 is 19.1 Å². The lowest BCUT2D eigenvalue weighted by atomic mass is 10.1. The van der Waals surface area contributed by atoms with E-state index in [1.54, 1.807) is 0 Å². The summed E-state index contributed by atoms with van der Waals surface area (Å²) in [6, 6.07) is 23.1. The van der Waals surface area contributed by atoms with Crippen LogP contribution in [0.25, 0.3) is 16.5 Å². The van der Waals surface area contributed by atoms with E-state index >= 15 is 0 Å². The van der Waals surface area contributed by atoms with Gasteiger partial charge in [0.15, 0.2) is 0 Å². The van der Waals surface area contributed by atoms with Crippen molar-refractivity contribution in [1.29, 1.82) is 0 Å². The van der Waals surface area contributed by atoms with E-state index in [1.807, 2.05) is 35.3 Å². The van der Waals surface area contributed by atoms with Gasteiger partial charge in [-0.25, -0.2) is 4.98 Å². The number of likely N-dealkylation sites (N-methyl/N-ethyl adjacent to an activating group) is 1. The van der Waals surface area contributed by atoms with Gasteiger partial charge in [-0.05, 0) is 42.3 Å². The molecule has 0 unspecified atom stereocenters. The highest BCUT2D eigenvalue weighted by molar-refractivity contribution is 5.95. The number of fused-ring (bicyclic) bond motifs is 1. The van der Waals surface area contributed by atoms with Gasteiger partial charge in [-0.2, -0.15) is 0 Å². The smallest absolute Gasteiger partial charge is 0.132 e. The van der Waals surface area contributed by atoms with Crippen LogP contribution in [0.1, 0.15) is 12.6 Å². The lowest BCUT2D eigenvalue weighted by Crippen LogP contribution is -2.46. The second kappa shape index (κ2) is 8.82. The van der Waals surface area contributed by atoms with Crippen LogP contribution < -0.4 is 9.64 Å². The molecule has 5 heteroatoms. The van der Waals surface area contributed by atoms with E-state index < -0.39 is 0 Å². The third kappa shape index (κ3) is 4.28. The molecule has 0 spiro atoms. The molecule has 31 heavy (non-hydrogen) atoms. The molecule has 0 N–H and O–H groups in total. The van der Waals surface area contributed by atoms with Gasteiger partial charge in [0, 0.05) is 49.1 Å². The van der Waals surface area contributed by atoms with Crippen LogP contribution in [0, 0.1) is 0 Å². The van der Waals surface area contributed by atoms with Gasteiger partial charge in [0.2, 0.25) is 0 Å². The summed E-state index contributed by atoms with van der Waals surface area (Å²) in [6.45, 7) is 8.17. The van der Waals surface area contributed by atoms with Gasteiger partial charge in [-0.15, -0.1) is 0 Å². The summed E-state index contributed by atoms with van der Waals surface area (Å²) in [5, 5.41) is 2.50. The normalized spacial score (nSPS) is 14.8. The minimum atomic E-state index is 0.447. The topological polar surface area (TPSA) is 33.5 Å². The Bertz CT molecular complexity index is 1150. The SMILES string of the molecule is CCN1CCN(c2cccc3ccc(OCc4cn(-c5ccccc5)cn4)cc23)CC1. The van der Waals surface area contributed by atoms with Crippen LogP contribution >= 0.6 is 0 Å². The summed E-state index contributed by atoms with van der Waals surface area (Å²) in [7, 11) is 0. The number of para-hydroxylation sites is 1.